The average molecular weight is 226 g/mol. The molecule has 2 atom stereocenters. The van der Waals surface area contributed by atoms with Gasteiger partial charge in [-0.3, -0.25) is 4.79 Å². The van der Waals surface area contributed by atoms with Gasteiger partial charge in [0.25, 0.3) is 0 Å². The van der Waals surface area contributed by atoms with Crippen LogP contribution in [-0.2, 0) is 4.79 Å². The largest absolute Gasteiger partial charge is 0.391 e. The standard InChI is InChI=1S/C12H22N2O2/c15-11-2-1-7-14(9-11)12(16)4-3-10-5-6-13-8-10/h10-11,13,15H,1-9H2. The van der Waals surface area contributed by atoms with Gasteiger partial charge in [0, 0.05) is 19.5 Å². The van der Waals surface area contributed by atoms with E-state index in [-0.39, 0.29) is 12.0 Å². The Morgan fingerprint density at radius 2 is 2.31 bits per heavy atom. The number of aliphatic hydroxyl groups excluding tert-OH is 1. The molecule has 0 aromatic heterocycles. The van der Waals surface area contributed by atoms with Gasteiger partial charge in [0.1, 0.15) is 0 Å². The van der Waals surface area contributed by atoms with Crippen molar-refractivity contribution in [3.8, 4) is 0 Å². The number of amides is 1. The topological polar surface area (TPSA) is 52.6 Å². The molecule has 2 saturated heterocycles. The number of hydrogen-bond acceptors (Lipinski definition) is 3. The van der Waals surface area contributed by atoms with Gasteiger partial charge in [-0.2, -0.15) is 0 Å². The molecule has 0 aromatic rings. The van der Waals surface area contributed by atoms with Crippen LogP contribution in [0.4, 0.5) is 0 Å². The number of nitrogens with one attached hydrogen (secondary N) is 1. The fraction of sp³-hybridized carbons (Fsp3) is 0.917. The molecule has 0 aliphatic carbocycles. The first-order valence-corrected chi connectivity index (χ1v) is 6.42. The molecule has 2 aliphatic rings. The van der Waals surface area contributed by atoms with Crippen LogP contribution in [0.5, 0.6) is 0 Å². The van der Waals surface area contributed by atoms with Gasteiger partial charge in [-0.1, -0.05) is 0 Å². The summed E-state index contributed by atoms with van der Waals surface area (Å²) in [6.07, 6.45) is 4.34. The Kier molecular flexibility index (Phi) is 4.18. The Balaban J connectivity index is 1.70. The Morgan fingerprint density at radius 3 is 3.00 bits per heavy atom. The van der Waals surface area contributed by atoms with Crippen LogP contribution < -0.4 is 5.32 Å². The number of carbonyl (C=O) groups is 1. The number of likely N-dealkylation sites (tertiary alicyclic amines) is 1. The van der Waals surface area contributed by atoms with Crippen molar-refractivity contribution >= 4 is 5.91 Å². The molecule has 1 amide bonds. The minimum absolute atomic E-state index is 0.227. The van der Waals surface area contributed by atoms with Crippen LogP contribution in [0.15, 0.2) is 0 Å². The van der Waals surface area contributed by atoms with Gasteiger partial charge < -0.3 is 15.3 Å². The SMILES string of the molecule is O=C(CCC1CCNC1)N1CCCC(O)C1. The number of piperidine rings is 1. The molecule has 16 heavy (non-hydrogen) atoms. The zero-order chi connectivity index (χ0) is 11.4. The molecule has 0 aromatic carbocycles. The molecular formula is C12H22N2O2. The predicted molar refractivity (Wildman–Crippen MR) is 62.0 cm³/mol. The van der Waals surface area contributed by atoms with Crippen molar-refractivity contribution in [3.05, 3.63) is 0 Å². The third kappa shape index (κ3) is 3.19. The number of hydrogen-bond donors (Lipinski definition) is 2. The van der Waals surface area contributed by atoms with Crippen molar-refractivity contribution in [3.63, 3.8) is 0 Å². The van der Waals surface area contributed by atoms with Crippen LogP contribution in [0.1, 0.15) is 32.1 Å². The van der Waals surface area contributed by atoms with Crippen LogP contribution in [0.2, 0.25) is 0 Å². The number of rotatable bonds is 3. The van der Waals surface area contributed by atoms with Crippen molar-refractivity contribution < 1.29 is 9.90 Å². The lowest BCUT2D eigenvalue weighted by Gasteiger charge is -2.30. The molecule has 0 spiro atoms. The average Bonchev–Trinajstić information content (AvgIpc) is 2.78. The molecule has 0 radical (unpaired) electrons. The smallest absolute Gasteiger partial charge is 0.222 e. The predicted octanol–water partition coefficient (Wildman–Crippen LogP) is 0.359. The number of carbonyl (C=O) groups excluding carboxylic acids is 1. The Morgan fingerprint density at radius 1 is 1.44 bits per heavy atom. The van der Waals surface area contributed by atoms with E-state index in [4.69, 9.17) is 0 Å². The summed E-state index contributed by atoms with van der Waals surface area (Å²) in [5.41, 5.74) is 0. The highest BCUT2D eigenvalue weighted by Crippen LogP contribution is 2.17. The Hall–Kier alpha value is -0.610. The summed E-state index contributed by atoms with van der Waals surface area (Å²) < 4.78 is 0. The first-order valence-electron chi connectivity index (χ1n) is 6.42. The highest BCUT2D eigenvalue weighted by molar-refractivity contribution is 5.76. The molecule has 2 aliphatic heterocycles. The summed E-state index contributed by atoms with van der Waals surface area (Å²) in [6, 6.07) is 0. The lowest BCUT2D eigenvalue weighted by atomic mass is 10.0. The van der Waals surface area contributed by atoms with Crippen LogP contribution in [0.3, 0.4) is 0 Å². The summed E-state index contributed by atoms with van der Waals surface area (Å²) in [4.78, 5) is 13.7. The number of aliphatic hydroxyl groups is 1. The monoisotopic (exact) mass is 226 g/mol. The normalized spacial score (nSPS) is 30.7. The third-order valence-electron chi connectivity index (χ3n) is 3.68. The summed E-state index contributed by atoms with van der Waals surface area (Å²) in [5, 5.41) is 12.8. The van der Waals surface area contributed by atoms with E-state index in [9.17, 15) is 9.90 Å². The maximum absolute atomic E-state index is 11.9. The van der Waals surface area contributed by atoms with Gasteiger partial charge >= 0.3 is 0 Å². The summed E-state index contributed by atoms with van der Waals surface area (Å²) in [7, 11) is 0. The van der Waals surface area contributed by atoms with Crippen molar-refractivity contribution in [1.29, 1.82) is 0 Å². The molecular weight excluding hydrogens is 204 g/mol. The summed E-state index contributed by atoms with van der Waals surface area (Å²) in [5.74, 6) is 0.907. The molecule has 2 rings (SSSR count). The van der Waals surface area contributed by atoms with Gasteiger partial charge in [-0.15, -0.1) is 0 Å². The molecule has 2 fully saturated rings. The van der Waals surface area contributed by atoms with Crippen LogP contribution in [0.25, 0.3) is 0 Å². The zero-order valence-electron chi connectivity index (χ0n) is 9.82. The summed E-state index contributed by atoms with van der Waals surface area (Å²) >= 11 is 0. The summed E-state index contributed by atoms with van der Waals surface area (Å²) in [6.45, 7) is 3.54. The van der Waals surface area contributed by atoms with E-state index in [2.05, 4.69) is 5.32 Å². The van der Waals surface area contributed by atoms with Gasteiger partial charge in [0.15, 0.2) is 0 Å². The molecule has 0 bridgehead atoms. The minimum Gasteiger partial charge on any atom is -0.391 e. The van der Waals surface area contributed by atoms with Gasteiger partial charge in [0.05, 0.1) is 6.10 Å². The van der Waals surface area contributed by atoms with Crippen molar-refractivity contribution in [2.75, 3.05) is 26.2 Å². The molecule has 0 saturated carbocycles. The first-order chi connectivity index (χ1) is 7.75. The minimum atomic E-state index is -0.300. The van der Waals surface area contributed by atoms with Crippen molar-refractivity contribution in [2.24, 2.45) is 5.92 Å². The Labute approximate surface area is 97.0 Å². The van der Waals surface area contributed by atoms with Gasteiger partial charge in [-0.05, 0) is 44.7 Å². The fourth-order valence-corrected chi connectivity index (χ4v) is 2.63. The van der Waals surface area contributed by atoms with E-state index in [1.165, 1.54) is 6.42 Å². The van der Waals surface area contributed by atoms with E-state index in [0.29, 0.717) is 18.9 Å². The second-order valence-corrected chi connectivity index (χ2v) is 5.03. The number of nitrogens with zero attached hydrogens (tertiary/aromatic N) is 1. The van der Waals surface area contributed by atoms with E-state index in [0.717, 1.165) is 38.9 Å². The van der Waals surface area contributed by atoms with E-state index in [1.807, 2.05) is 4.90 Å². The molecule has 4 nitrogen and oxygen atoms in total. The lowest BCUT2D eigenvalue weighted by molar-refractivity contribution is -0.134. The van der Waals surface area contributed by atoms with E-state index >= 15 is 0 Å². The van der Waals surface area contributed by atoms with Crippen LogP contribution in [-0.4, -0.2) is 48.2 Å². The van der Waals surface area contributed by atoms with E-state index in [1.54, 1.807) is 0 Å². The number of β-amino-alcohol motifs (C(OH)–C–C–N with tert-alkyl or cyclic N) is 1. The van der Waals surface area contributed by atoms with Gasteiger partial charge in [0.2, 0.25) is 5.91 Å². The lowest BCUT2D eigenvalue weighted by Crippen LogP contribution is -2.42. The molecule has 2 unspecified atom stereocenters. The maximum atomic E-state index is 11.9. The van der Waals surface area contributed by atoms with Crippen molar-refractivity contribution in [2.45, 2.75) is 38.2 Å². The molecule has 2 N–H and O–H groups in total. The maximum Gasteiger partial charge on any atom is 0.222 e. The Bertz CT molecular complexity index is 239. The zero-order valence-corrected chi connectivity index (χ0v) is 9.82. The van der Waals surface area contributed by atoms with E-state index < -0.39 is 0 Å². The second-order valence-electron chi connectivity index (χ2n) is 5.03. The molecule has 92 valence electrons. The first kappa shape index (κ1) is 11.9. The van der Waals surface area contributed by atoms with Crippen LogP contribution >= 0.6 is 0 Å². The molecule has 4 heteroatoms. The fourth-order valence-electron chi connectivity index (χ4n) is 2.63. The highest BCUT2D eigenvalue weighted by atomic mass is 16.3. The van der Waals surface area contributed by atoms with Gasteiger partial charge in [-0.25, -0.2) is 0 Å². The molecule has 2 heterocycles. The van der Waals surface area contributed by atoms with Crippen LogP contribution in [0, 0.1) is 5.92 Å². The quantitative estimate of drug-likeness (QED) is 0.730. The highest BCUT2D eigenvalue weighted by Gasteiger charge is 2.23. The van der Waals surface area contributed by atoms with Crippen molar-refractivity contribution in [1.82, 2.24) is 10.2 Å². The second kappa shape index (κ2) is 5.64. The third-order valence-corrected chi connectivity index (χ3v) is 3.68.